The Labute approximate surface area is 101 Å². The van der Waals surface area contributed by atoms with Gasteiger partial charge in [0.2, 0.25) is 0 Å². The molecule has 2 N–H and O–H groups in total. The maximum atomic E-state index is 9.57. The molecule has 0 spiro atoms. The SMILES string of the molecule is C=C[C@H](OO)[C@@H](O)CCOCc1ccccc1. The van der Waals surface area contributed by atoms with E-state index in [9.17, 15) is 5.11 Å². The lowest BCUT2D eigenvalue weighted by Crippen LogP contribution is -2.27. The molecule has 0 saturated carbocycles. The average Bonchev–Trinajstić information content (AvgIpc) is 2.37. The number of hydrogen-bond donors (Lipinski definition) is 2. The van der Waals surface area contributed by atoms with Gasteiger partial charge in [0.1, 0.15) is 6.10 Å². The molecule has 4 nitrogen and oxygen atoms in total. The molecule has 0 aromatic heterocycles. The van der Waals surface area contributed by atoms with E-state index in [-0.39, 0.29) is 0 Å². The largest absolute Gasteiger partial charge is 0.390 e. The van der Waals surface area contributed by atoms with Crippen molar-refractivity contribution in [3.8, 4) is 0 Å². The first-order valence-electron chi connectivity index (χ1n) is 5.50. The molecular formula is C13H18O4. The topological polar surface area (TPSA) is 58.9 Å². The van der Waals surface area contributed by atoms with E-state index in [1.54, 1.807) is 0 Å². The van der Waals surface area contributed by atoms with Crippen molar-refractivity contribution < 1.29 is 20.0 Å². The summed E-state index contributed by atoms with van der Waals surface area (Å²) in [6.45, 7) is 4.34. The van der Waals surface area contributed by atoms with Crippen LogP contribution in [0.5, 0.6) is 0 Å². The predicted octanol–water partition coefficient (Wildman–Crippen LogP) is 2.00. The van der Waals surface area contributed by atoms with Gasteiger partial charge in [0.15, 0.2) is 0 Å². The molecule has 17 heavy (non-hydrogen) atoms. The van der Waals surface area contributed by atoms with Crippen molar-refractivity contribution in [2.75, 3.05) is 6.61 Å². The normalized spacial score (nSPS) is 14.2. The zero-order valence-electron chi connectivity index (χ0n) is 9.66. The Morgan fingerprint density at radius 3 is 2.59 bits per heavy atom. The second kappa shape index (κ2) is 7.97. The summed E-state index contributed by atoms with van der Waals surface area (Å²) in [7, 11) is 0. The number of hydrogen-bond acceptors (Lipinski definition) is 4. The van der Waals surface area contributed by atoms with Crippen molar-refractivity contribution in [2.24, 2.45) is 0 Å². The summed E-state index contributed by atoms with van der Waals surface area (Å²) in [4.78, 5) is 4.05. The molecular weight excluding hydrogens is 220 g/mol. The van der Waals surface area contributed by atoms with E-state index in [0.29, 0.717) is 19.6 Å². The molecule has 1 aromatic carbocycles. The van der Waals surface area contributed by atoms with Crippen LogP contribution in [0, 0.1) is 0 Å². The van der Waals surface area contributed by atoms with Crippen LogP contribution in [0.25, 0.3) is 0 Å². The van der Waals surface area contributed by atoms with E-state index in [1.165, 1.54) is 6.08 Å². The highest BCUT2D eigenvalue weighted by molar-refractivity contribution is 5.13. The van der Waals surface area contributed by atoms with E-state index in [1.807, 2.05) is 30.3 Å². The Bertz CT molecular complexity index is 312. The van der Waals surface area contributed by atoms with Gasteiger partial charge in [-0.1, -0.05) is 36.4 Å². The third-order valence-corrected chi connectivity index (χ3v) is 2.40. The summed E-state index contributed by atoms with van der Waals surface area (Å²) < 4.78 is 5.40. The van der Waals surface area contributed by atoms with Crippen LogP contribution in [0.15, 0.2) is 43.0 Å². The number of aliphatic hydroxyl groups is 1. The van der Waals surface area contributed by atoms with Gasteiger partial charge in [-0.15, -0.1) is 6.58 Å². The molecule has 0 heterocycles. The predicted molar refractivity (Wildman–Crippen MR) is 64.4 cm³/mol. The number of benzene rings is 1. The quantitative estimate of drug-likeness (QED) is 0.315. The van der Waals surface area contributed by atoms with E-state index in [0.717, 1.165) is 5.56 Å². The highest BCUT2D eigenvalue weighted by Crippen LogP contribution is 2.06. The first-order valence-corrected chi connectivity index (χ1v) is 5.50. The Hall–Kier alpha value is -1.20. The Morgan fingerprint density at radius 2 is 2.00 bits per heavy atom. The first-order chi connectivity index (χ1) is 8.27. The zero-order valence-corrected chi connectivity index (χ0v) is 9.66. The number of aliphatic hydroxyl groups excluding tert-OH is 1. The van der Waals surface area contributed by atoms with Crippen LogP contribution in [-0.2, 0) is 16.2 Å². The molecule has 0 bridgehead atoms. The van der Waals surface area contributed by atoms with Gasteiger partial charge in [-0.3, -0.25) is 5.26 Å². The summed E-state index contributed by atoms with van der Waals surface area (Å²) in [6, 6.07) is 9.78. The van der Waals surface area contributed by atoms with E-state index in [2.05, 4.69) is 11.5 Å². The summed E-state index contributed by atoms with van der Waals surface area (Å²) in [5.74, 6) is 0. The molecule has 0 aliphatic heterocycles. The highest BCUT2D eigenvalue weighted by atomic mass is 17.1. The van der Waals surface area contributed by atoms with Crippen molar-refractivity contribution in [2.45, 2.75) is 25.2 Å². The molecule has 94 valence electrons. The van der Waals surface area contributed by atoms with E-state index in [4.69, 9.17) is 9.99 Å². The monoisotopic (exact) mass is 238 g/mol. The molecule has 0 amide bonds. The van der Waals surface area contributed by atoms with Gasteiger partial charge >= 0.3 is 0 Å². The molecule has 1 rings (SSSR count). The second-order valence-corrected chi connectivity index (χ2v) is 3.70. The summed E-state index contributed by atoms with van der Waals surface area (Å²) >= 11 is 0. The molecule has 4 heteroatoms. The van der Waals surface area contributed by atoms with Crippen LogP contribution in [0.3, 0.4) is 0 Å². The summed E-state index contributed by atoms with van der Waals surface area (Å²) in [5.41, 5.74) is 1.08. The molecule has 0 fully saturated rings. The van der Waals surface area contributed by atoms with E-state index >= 15 is 0 Å². The third-order valence-electron chi connectivity index (χ3n) is 2.40. The maximum absolute atomic E-state index is 9.57. The Balaban J connectivity index is 2.18. The molecule has 0 unspecified atom stereocenters. The number of rotatable bonds is 8. The molecule has 2 atom stereocenters. The van der Waals surface area contributed by atoms with E-state index < -0.39 is 12.2 Å². The van der Waals surface area contributed by atoms with Crippen molar-refractivity contribution in [1.29, 1.82) is 0 Å². The molecule has 0 radical (unpaired) electrons. The number of ether oxygens (including phenoxy) is 1. The molecule has 0 aliphatic rings. The van der Waals surface area contributed by atoms with Crippen molar-refractivity contribution in [3.05, 3.63) is 48.6 Å². The van der Waals surface area contributed by atoms with Crippen molar-refractivity contribution in [1.82, 2.24) is 0 Å². The van der Waals surface area contributed by atoms with Gasteiger partial charge in [-0.2, -0.15) is 0 Å². The van der Waals surface area contributed by atoms with Gasteiger partial charge in [-0.25, -0.2) is 4.89 Å². The minimum absolute atomic E-state index is 0.379. The molecule has 0 aliphatic carbocycles. The second-order valence-electron chi connectivity index (χ2n) is 3.70. The van der Waals surface area contributed by atoms with Crippen molar-refractivity contribution >= 4 is 0 Å². The fourth-order valence-corrected chi connectivity index (χ4v) is 1.40. The Morgan fingerprint density at radius 1 is 1.29 bits per heavy atom. The van der Waals surface area contributed by atoms with Crippen LogP contribution >= 0.6 is 0 Å². The minimum atomic E-state index is -0.812. The summed E-state index contributed by atoms with van der Waals surface area (Å²) in [6.07, 6.45) is 0.148. The van der Waals surface area contributed by atoms with Crippen LogP contribution in [0.4, 0.5) is 0 Å². The van der Waals surface area contributed by atoms with Gasteiger partial charge in [0.05, 0.1) is 12.7 Å². The lowest BCUT2D eigenvalue weighted by Gasteiger charge is -2.16. The fraction of sp³-hybridized carbons (Fsp3) is 0.385. The maximum Gasteiger partial charge on any atom is 0.136 e. The first kappa shape index (κ1) is 13.9. The summed E-state index contributed by atoms with van der Waals surface area (Å²) in [5, 5.41) is 18.0. The van der Waals surface area contributed by atoms with Gasteiger partial charge in [0, 0.05) is 6.61 Å². The van der Waals surface area contributed by atoms with Crippen LogP contribution < -0.4 is 0 Å². The fourth-order valence-electron chi connectivity index (χ4n) is 1.40. The Kier molecular flexibility index (Phi) is 6.50. The zero-order chi connectivity index (χ0) is 12.5. The lowest BCUT2D eigenvalue weighted by molar-refractivity contribution is -0.283. The third kappa shape index (κ3) is 5.10. The van der Waals surface area contributed by atoms with Crippen molar-refractivity contribution in [3.63, 3.8) is 0 Å². The smallest absolute Gasteiger partial charge is 0.136 e. The molecule has 1 aromatic rings. The lowest BCUT2D eigenvalue weighted by atomic mass is 10.1. The average molecular weight is 238 g/mol. The highest BCUT2D eigenvalue weighted by Gasteiger charge is 2.16. The molecule has 0 saturated heterocycles. The minimum Gasteiger partial charge on any atom is -0.390 e. The van der Waals surface area contributed by atoms with Crippen LogP contribution in [0.1, 0.15) is 12.0 Å². The standard InChI is InChI=1S/C13H18O4/c1-2-13(17-15)12(14)8-9-16-10-11-6-4-3-5-7-11/h2-7,12-15H,1,8-10H2/t12-,13-/m0/s1. The van der Waals surface area contributed by atoms with Gasteiger partial charge in [0.25, 0.3) is 0 Å². The van der Waals surface area contributed by atoms with Crippen LogP contribution in [0.2, 0.25) is 0 Å². The van der Waals surface area contributed by atoms with Gasteiger partial charge < -0.3 is 9.84 Å². The van der Waals surface area contributed by atoms with Crippen LogP contribution in [-0.4, -0.2) is 29.2 Å². The van der Waals surface area contributed by atoms with Gasteiger partial charge in [-0.05, 0) is 12.0 Å².